The fourth-order valence-electron chi connectivity index (χ4n) is 2.35. The molecule has 78 valence electrons. The normalized spacial score (nSPS) is 24.0. The van der Waals surface area contributed by atoms with E-state index in [1.165, 1.54) is 44.9 Å². The topological polar surface area (TPSA) is 0 Å². The summed E-state index contributed by atoms with van der Waals surface area (Å²) in [4.78, 5) is 0.755. The highest BCUT2D eigenvalue weighted by Crippen LogP contribution is 2.32. The summed E-state index contributed by atoms with van der Waals surface area (Å²) in [6.07, 6.45) is 10.2. The van der Waals surface area contributed by atoms with E-state index in [1.807, 2.05) is 0 Å². The standard InChI is InChI=1S/C12H23Br/c1-10(2)12(13)11-8-6-4-3-5-7-9-11/h10-12H,3-9H2,1-2H3. The van der Waals surface area contributed by atoms with Crippen LogP contribution in [0.25, 0.3) is 0 Å². The quantitative estimate of drug-likeness (QED) is 0.617. The first-order valence-corrected chi connectivity index (χ1v) is 6.77. The molecule has 1 aliphatic rings. The third-order valence-electron chi connectivity index (χ3n) is 3.24. The molecule has 0 saturated heterocycles. The Morgan fingerprint density at radius 2 is 1.38 bits per heavy atom. The monoisotopic (exact) mass is 246 g/mol. The van der Waals surface area contributed by atoms with Crippen LogP contribution in [0.4, 0.5) is 0 Å². The summed E-state index contributed by atoms with van der Waals surface area (Å²) in [5, 5.41) is 0. The lowest BCUT2D eigenvalue weighted by Crippen LogP contribution is -2.21. The van der Waals surface area contributed by atoms with Gasteiger partial charge in [-0.2, -0.15) is 0 Å². The van der Waals surface area contributed by atoms with Crippen LogP contribution in [0, 0.1) is 11.8 Å². The lowest BCUT2D eigenvalue weighted by atomic mass is 9.85. The number of hydrogen-bond donors (Lipinski definition) is 0. The molecule has 0 aromatic rings. The fourth-order valence-corrected chi connectivity index (χ4v) is 2.88. The van der Waals surface area contributed by atoms with Gasteiger partial charge in [-0.25, -0.2) is 0 Å². The summed E-state index contributed by atoms with van der Waals surface area (Å²) in [5.74, 6) is 1.74. The largest absolute Gasteiger partial charge is 0.0885 e. The van der Waals surface area contributed by atoms with E-state index in [9.17, 15) is 0 Å². The molecule has 0 N–H and O–H groups in total. The van der Waals surface area contributed by atoms with Crippen LogP contribution in [-0.2, 0) is 0 Å². The molecule has 0 radical (unpaired) electrons. The molecule has 0 aromatic carbocycles. The lowest BCUT2D eigenvalue weighted by Gasteiger charge is -2.27. The van der Waals surface area contributed by atoms with E-state index in [2.05, 4.69) is 29.8 Å². The Hall–Kier alpha value is 0.480. The van der Waals surface area contributed by atoms with E-state index >= 15 is 0 Å². The van der Waals surface area contributed by atoms with Gasteiger partial charge in [0.15, 0.2) is 0 Å². The zero-order valence-corrected chi connectivity index (χ0v) is 10.6. The Bertz CT molecular complexity index is 123. The van der Waals surface area contributed by atoms with Crippen LogP contribution in [0.2, 0.25) is 0 Å². The van der Waals surface area contributed by atoms with E-state index in [-0.39, 0.29) is 0 Å². The van der Waals surface area contributed by atoms with Gasteiger partial charge in [0.25, 0.3) is 0 Å². The van der Waals surface area contributed by atoms with Gasteiger partial charge in [-0.05, 0) is 24.7 Å². The Kier molecular flexibility index (Phi) is 5.38. The third-order valence-corrected chi connectivity index (χ3v) is 5.04. The molecule has 1 rings (SSSR count). The molecule has 0 amide bonds. The number of halogens is 1. The second kappa shape index (κ2) is 6.06. The molecule has 13 heavy (non-hydrogen) atoms. The summed E-state index contributed by atoms with van der Waals surface area (Å²) in [6.45, 7) is 4.66. The van der Waals surface area contributed by atoms with Crippen molar-refractivity contribution in [3.63, 3.8) is 0 Å². The van der Waals surface area contributed by atoms with Crippen LogP contribution in [0.1, 0.15) is 58.8 Å². The summed E-state index contributed by atoms with van der Waals surface area (Å²) in [5.41, 5.74) is 0. The van der Waals surface area contributed by atoms with Crippen LogP contribution in [0.5, 0.6) is 0 Å². The first kappa shape index (κ1) is 11.6. The van der Waals surface area contributed by atoms with Gasteiger partial charge in [-0.3, -0.25) is 0 Å². The van der Waals surface area contributed by atoms with Gasteiger partial charge in [-0.1, -0.05) is 61.9 Å². The minimum Gasteiger partial charge on any atom is -0.0885 e. The van der Waals surface area contributed by atoms with Crippen molar-refractivity contribution in [3.05, 3.63) is 0 Å². The Labute approximate surface area is 91.6 Å². The van der Waals surface area contributed by atoms with Gasteiger partial charge in [0.2, 0.25) is 0 Å². The molecule has 0 nitrogen and oxygen atoms in total. The lowest BCUT2D eigenvalue weighted by molar-refractivity contribution is 0.337. The second-order valence-corrected chi connectivity index (χ2v) is 5.85. The molecule has 1 aliphatic carbocycles. The zero-order valence-electron chi connectivity index (χ0n) is 9.06. The van der Waals surface area contributed by atoms with Crippen LogP contribution >= 0.6 is 15.9 Å². The molecular weight excluding hydrogens is 224 g/mol. The van der Waals surface area contributed by atoms with Gasteiger partial charge in [0.1, 0.15) is 0 Å². The average molecular weight is 247 g/mol. The van der Waals surface area contributed by atoms with Crippen molar-refractivity contribution in [1.29, 1.82) is 0 Å². The van der Waals surface area contributed by atoms with E-state index in [0.717, 1.165) is 16.7 Å². The molecule has 1 saturated carbocycles. The van der Waals surface area contributed by atoms with E-state index in [0.29, 0.717) is 0 Å². The van der Waals surface area contributed by atoms with Crippen molar-refractivity contribution in [2.24, 2.45) is 11.8 Å². The molecule has 0 heterocycles. The Morgan fingerprint density at radius 1 is 0.923 bits per heavy atom. The van der Waals surface area contributed by atoms with Crippen molar-refractivity contribution in [1.82, 2.24) is 0 Å². The smallest absolute Gasteiger partial charge is 0.0197 e. The Balaban J connectivity index is 2.36. The molecule has 0 aromatic heterocycles. The first-order valence-electron chi connectivity index (χ1n) is 5.86. The van der Waals surface area contributed by atoms with Gasteiger partial charge in [0.05, 0.1) is 0 Å². The van der Waals surface area contributed by atoms with Gasteiger partial charge in [-0.15, -0.1) is 0 Å². The summed E-state index contributed by atoms with van der Waals surface area (Å²) < 4.78 is 0. The van der Waals surface area contributed by atoms with Crippen molar-refractivity contribution in [3.8, 4) is 0 Å². The van der Waals surface area contributed by atoms with E-state index in [1.54, 1.807) is 0 Å². The highest BCUT2D eigenvalue weighted by molar-refractivity contribution is 9.09. The van der Waals surface area contributed by atoms with Crippen molar-refractivity contribution in [2.75, 3.05) is 0 Å². The minimum atomic E-state index is 0.755. The molecule has 0 spiro atoms. The van der Waals surface area contributed by atoms with Gasteiger partial charge >= 0.3 is 0 Å². The van der Waals surface area contributed by atoms with Gasteiger partial charge < -0.3 is 0 Å². The first-order chi connectivity index (χ1) is 6.22. The predicted octanol–water partition coefficient (Wildman–Crippen LogP) is 4.77. The molecule has 1 unspecified atom stereocenters. The van der Waals surface area contributed by atoms with Crippen molar-refractivity contribution in [2.45, 2.75) is 63.6 Å². The van der Waals surface area contributed by atoms with Gasteiger partial charge in [0, 0.05) is 4.83 Å². The molecule has 1 heteroatoms. The summed E-state index contributed by atoms with van der Waals surface area (Å²) in [7, 11) is 0. The molecule has 1 fully saturated rings. The van der Waals surface area contributed by atoms with E-state index in [4.69, 9.17) is 0 Å². The maximum Gasteiger partial charge on any atom is 0.0197 e. The van der Waals surface area contributed by atoms with Crippen LogP contribution < -0.4 is 0 Å². The third kappa shape index (κ3) is 4.01. The Morgan fingerprint density at radius 3 is 1.85 bits per heavy atom. The fraction of sp³-hybridized carbons (Fsp3) is 1.00. The second-order valence-electron chi connectivity index (χ2n) is 4.79. The number of hydrogen-bond acceptors (Lipinski definition) is 0. The van der Waals surface area contributed by atoms with E-state index < -0.39 is 0 Å². The molecule has 1 atom stereocenters. The number of rotatable bonds is 2. The van der Waals surface area contributed by atoms with Crippen LogP contribution in [0.3, 0.4) is 0 Å². The van der Waals surface area contributed by atoms with Crippen LogP contribution in [0.15, 0.2) is 0 Å². The summed E-state index contributed by atoms with van der Waals surface area (Å²) in [6, 6.07) is 0. The van der Waals surface area contributed by atoms with Crippen LogP contribution in [-0.4, -0.2) is 4.83 Å². The maximum absolute atomic E-state index is 3.86. The van der Waals surface area contributed by atoms with Crippen molar-refractivity contribution >= 4 is 15.9 Å². The zero-order chi connectivity index (χ0) is 9.68. The molecule has 0 aliphatic heterocycles. The highest BCUT2D eigenvalue weighted by atomic mass is 79.9. The van der Waals surface area contributed by atoms with Crippen molar-refractivity contribution < 1.29 is 0 Å². The predicted molar refractivity (Wildman–Crippen MR) is 63.4 cm³/mol. The maximum atomic E-state index is 3.86. The highest BCUT2D eigenvalue weighted by Gasteiger charge is 2.21. The molecule has 0 bridgehead atoms. The number of alkyl halides is 1. The molecular formula is C12H23Br. The average Bonchev–Trinajstić information content (AvgIpc) is 2.02. The minimum absolute atomic E-state index is 0.755. The SMILES string of the molecule is CC(C)C(Br)C1CCCCCCC1. The summed E-state index contributed by atoms with van der Waals surface area (Å²) >= 11 is 3.86.